The minimum Gasteiger partial charge on any atom is -0.549 e. The fourth-order valence-electron chi connectivity index (χ4n) is 2.00. The number of rotatable bonds is 5. The van der Waals surface area contributed by atoms with Crippen molar-refractivity contribution in [3.05, 3.63) is 0 Å². The average molecular weight is 315 g/mol. The Balaban J connectivity index is 1.77. The van der Waals surface area contributed by atoms with Crippen LogP contribution in [0.2, 0.25) is 0 Å². The summed E-state index contributed by atoms with van der Waals surface area (Å²) in [5.74, 6) is -1.34. The van der Waals surface area contributed by atoms with E-state index >= 15 is 0 Å². The van der Waals surface area contributed by atoms with Crippen LogP contribution in [0.3, 0.4) is 0 Å². The third-order valence-electron chi connectivity index (χ3n) is 2.88. The number of carboxylic acid groups (broad SMARTS) is 1. The number of nitrogens with zero attached hydrogens (tertiary/aromatic N) is 2. The number of aromatic nitrogens is 2. The van der Waals surface area contributed by atoms with Gasteiger partial charge in [0.05, 0.1) is 5.97 Å². The Hall–Kier alpha value is -1.35. The van der Waals surface area contributed by atoms with Gasteiger partial charge in [-0.05, 0) is 12.8 Å². The molecule has 1 saturated carbocycles. The zero-order chi connectivity index (χ0) is 14.4. The predicted octanol–water partition coefficient (Wildman–Crippen LogP) is 0.834. The molecule has 0 aliphatic heterocycles. The minimum absolute atomic E-state index is 0.178. The molecule has 1 aromatic rings. The van der Waals surface area contributed by atoms with E-state index in [-0.39, 0.29) is 17.8 Å². The zero-order valence-corrected chi connectivity index (χ0v) is 12.4. The van der Waals surface area contributed by atoms with Crippen LogP contribution in [-0.4, -0.2) is 34.0 Å². The molecule has 0 atom stereocenters. The lowest BCUT2D eigenvalue weighted by molar-refractivity contribution is -0.301. The van der Waals surface area contributed by atoms with Crippen LogP contribution in [0.4, 0.5) is 9.93 Å². The van der Waals surface area contributed by atoms with E-state index in [9.17, 15) is 14.7 Å². The second kappa shape index (κ2) is 7.44. The Labute approximate surface area is 124 Å². The van der Waals surface area contributed by atoms with E-state index in [4.69, 9.17) is 0 Å². The third-order valence-corrected chi connectivity index (χ3v) is 4.83. The summed E-state index contributed by atoms with van der Waals surface area (Å²) in [7, 11) is 0. The summed E-state index contributed by atoms with van der Waals surface area (Å²) in [6, 6.07) is -0.0619. The van der Waals surface area contributed by atoms with Crippen molar-refractivity contribution >= 4 is 40.2 Å². The van der Waals surface area contributed by atoms with E-state index in [1.54, 1.807) is 0 Å². The summed E-state index contributed by atoms with van der Waals surface area (Å²) in [5, 5.41) is 23.8. The molecule has 7 nitrogen and oxygen atoms in total. The monoisotopic (exact) mass is 315 g/mol. The quantitative estimate of drug-likeness (QED) is 0.616. The molecule has 2 N–H and O–H groups in total. The molecule has 1 heterocycles. The number of anilines is 1. The lowest BCUT2D eigenvalue weighted by Crippen LogP contribution is -2.38. The van der Waals surface area contributed by atoms with E-state index in [1.807, 2.05) is 0 Å². The van der Waals surface area contributed by atoms with Gasteiger partial charge in [0.15, 0.2) is 4.34 Å². The summed E-state index contributed by atoms with van der Waals surface area (Å²) in [6.07, 6.45) is 5.54. The number of amides is 2. The molecule has 0 aromatic carbocycles. The van der Waals surface area contributed by atoms with Gasteiger partial charge in [-0.3, -0.25) is 5.32 Å². The molecule has 0 spiro atoms. The smallest absolute Gasteiger partial charge is 0.321 e. The fraction of sp³-hybridized carbons (Fsp3) is 0.636. The number of thioether (sulfide) groups is 1. The largest absolute Gasteiger partial charge is 0.549 e. The molecule has 2 amide bonds. The standard InChI is InChI=1S/C11H16N4O3S2/c16-8(17)6-19-11-15-14-10(20-11)13-9(18)12-7-4-2-1-3-5-7/h7H,1-6H2,(H,16,17)(H2,12,13,14,18)/p-1. The number of carboxylic acids is 1. The Kier molecular flexibility index (Phi) is 5.60. The first-order valence-corrected chi connectivity index (χ1v) is 8.17. The Bertz CT molecular complexity index is 474. The van der Waals surface area contributed by atoms with E-state index in [2.05, 4.69) is 20.8 Å². The molecular weight excluding hydrogens is 300 g/mol. The van der Waals surface area contributed by atoms with Gasteiger partial charge in [-0.25, -0.2) is 4.79 Å². The highest BCUT2D eigenvalue weighted by Gasteiger charge is 2.16. The van der Waals surface area contributed by atoms with Gasteiger partial charge in [-0.15, -0.1) is 10.2 Å². The SMILES string of the molecule is O=C([O-])CSc1nnc(NC(=O)NC2CCCCC2)s1. The van der Waals surface area contributed by atoms with E-state index in [1.165, 1.54) is 6.42 Å². The highest BCUT2D eigenvalue weighted by atomic mass is 32.2. The Morgan fingerprint density at radius 3 is 2.75 bits per heavy atom. The van der Waals surface area contributed by atoms with Gasteiger partial charge in [0, 0.05) is 11.8 Å². The average Bonchev–Trinajstić information content (AvgIpc) is 2.85. The van der Waals surface area contributed by atoms with Crippen LogP contribution < -0.4 is 15.7 Å². The van der Waals surface area contributed by atoms with Crippen LogP contribution in [0.15, 0.2) is 4.34 Å². The molecule has 0 radical (unpaired) electrons. The van der Waals surface area contributed by atoms with Crippen LogP contribution in [0.1, 0.15) is 32.1 Å². The zero-order valence-electron chi connectivity index (χ0n) is 10.8. The molecule has 1 aliphatic carbocycles. The van der Waals surface area contributed by atoms with Crippen molar-refractivity contribution < 1.29 is 14.7 Å². The summed E-state index contributed by atoms with van der Waals surface area (Å²) in [6.45, 7) is 0. The Morgan fingerprint density at radius 2 is 2.05 bits per heavy atom. The first-order valence-electron chi connectivity index (χ1n) is 6.37. The van der Waals surface area contributed by atoms with Crippen molar-refractivity contribution in [3.8, 4) is 0 Å². The number of aliphatic carboxylic acids is 1. The van der Waals surface area contributed by atoms with Gasteiger partial charge >= 0.3 is 6.03 Å². The summed E-state index contributed by atoms with van der Waals surface area (Å²) in [5.41, 5.74) is 0. The van der Waals surface area contributed by atoms with Crippen molar-refractivity contribution in [2.45, 2.75) is 42.5 Å². The number of nitrogens with one attached hydrogen (secondary N) is 2. The number of hydrogen-bond donors (Lipinski definition) is 2. The highest BCUT2D eigenvalue weighted by Crippen LogP contribution is 2.25. The van der Waals surface area contributed by atoms with Gasteiger partial charge < -0.3 is 15.2 Å². The number of carbonyl (C=O) groups is 2. The molecule has 1 fully saturated rings. The molecule has 0 unspecified atom stereocenters. The van der Waals surface area contributed by atoms with Gasteiger partial charge in [0.2, 0.25) is 5.13 Å². The second-order valence-corrected chi connectivity index (χ2v) is 6.67. The lowest BCUT2D eigenvalue weighted by Gasteiger charge is -2.22. The van der Waals surface area contributed by atoms with E-state index in [0.29, 0.717) is 9.47 Å². The predicted molar refractivity (Wildman–Crippen MR) is 74.7 cm³/mol. The maximum atomic E-state index is 11.8. The van der Waals surface area contributed by atoms with Crippen LogP contribution in [0, 0.1) is 0 Å². The third kappa shape index (κ3) is 4.97. The van der Waals surface area contributed by atoms with Gasteiger partial charge in [-0.2, -0.15) is 0 Å². The summed E-state index contributed by atoms with van der Waals surface area (Å²) < 4.78 is 0.488. The van der Waals surface area contributed by atoms with E-state index in [0.717, 1.165) is 48.8 Å². The molecule has 20 heavy (non-hydrogen) atoms. The molecule has 0 saturated heterocycles. The lowest BCUT2D eigenvalue weighted by atomic mass is 9.96. The number of urea groups is 1. The van der Waals surface area contributed by atoms with E-state index < -0.39 is 5.97 Å². The van der Waals surface area contributed by atoms with Crippen LogP contribution in [-0.2, 0) is 4.79 Å². The molecule has 110 valence electrons. The topological polar surface area (TPSA) is 107 Å². The fourth-order valence-corrected chi connectivity index (χ4v) is 3.47. The normalized spacial score (nSPS) is 15.8. The molecule has 0 bridgehead atoms. The van der Waals surface area contributed by atoms with Gasteiger partial charge in [-0.1, -0.05) is 42.4 Å². The van der Waals surface area contributed by atoms with Gasteiger partial charge in [0.1, 0.15) is 0 Å². The molecule has 1 aromatic heterocycles. The maximum absolute atomic E-state index is 11.8. The molecule has 9 heteroatoms. The van der Waals surface area contributed by atoms with Crippen molar-refractivity contribution in [1.82, 2.24) is 15.5 Å². The Morgan fingerprint density at radius 1 is 1.30 bits per heavy atom. The highest BCUT2D eigenvalue weighted by molar-refractivity contribution is 8.01. The second-order valence-electron chi connectivity index (χ2n) is 4.47. The molecule has 1 aliphatic rings. The van der Waals surface area contributed by atoms with Crippen molar-refractivity contribution in [3.63, 3.8) is 0 Å². The van der Waals surface area contributed by atoms with Crippen molar-refractivity contribution in [2.75, 3.05) is 11.1 Å². The summed E-state index contributed by atoms with van der Waals surface area (Å²) >= 11 is 2.17. The van der Waals surface area contributed by atoms with Crippen molar-refractivity contribution in [1.29, 1.82) is 0 Å². The minimum atomic E-state index is -1.16. The van der Waals surface area contributed by atoms with Crippen LogP contribution in [0.25, 0.3) is 0 Å². The molecule has 2 rings (SSSR count). The van der Waals surface area contributed by atoms with Crippen LogP contribution >= 0.6 is 23.1 Å². The first-order chi connectivity index (χ1) is 9.63. The number of hydrogen-bond acceptors (Lipinski definition) is 7. The first kappa shape index (κ1) is 15.0. The molecular formula is C11H15N4O3S2-. The maximum Gasteiger partial charge on any atom is 0.321 e. The van der Waals surface area contributed by atoms with Gasteiger partial charge in [0.25, 0.3) is 0 Å². The summed E-state index contributed by atoms with van der Waals surface area (Å²) in [4.78, 5) is 22.1. The van der Waals surface area contributed by atoms with Crippen LogP contribution in [0.5, 0.6) is 0 Å². The number of carbonyl (C=O) groups excluding carboxylic acids is 2. The van der Waals surface area contributed by atoms with Crippen molar-refractivity contribution in [2.24, 2.45) is 0 Å².